The Morgan fingerprint density at radius 2 is 1.80 bits per heavy atom. The fourth-order valence-electron chi connectivity index (χ4n) is 3.75. The molecule has 0 radical (unpaired) electrons. The second-order valence-corrected chi connectivity index (χ2v) is 7.21. The molecule has 1 N–H and O–H groups in total. The van der Waals surface area contributed by atoms with E-state index in [1.54, 1.807) is 18.5 Å². The molecule has 0 unspecified atom stereocenters. The number of benzene rings is 1. The Bertz CT molecular complexity index is 1040. The summed E-state index contributed by atoms with van der Waals surface area (Å²) in [5.41, 5.74) is 3.98. The summed E-state index contributed by atoms with van der Waals surface area (Å²) in [7, 11) is 0. The van der Waals surface area contributed by atoms with E-state index in [9.17, 15) is 18.0 Å². The summed E-state index contributed by atoms with van der Waals surface area (Å²) in [4.78, 5) is 17.0. The van der Waals surface area contributed by atoms with Gasteiger partial charge in [0.25, 0.3) is 5.91 Å². The summed E-state index contributed by atoms with van der Waals surface area (Å²) in [6, 6.07) is 8.87. The first-order chi connectivity index (χ1) is 14.2. The summed E-state index contributed by atoms with van der Waals surface area (Å²) >= 11 is 0. The quantitative estimate of drug-likeness (QED) is 0.612. The molecule has 4 nitrogen and oxygen atoms in total. The van der Waals surface area contributed by atoms with Gasteiger partial charge in [0.05, 0.1) is 5.56 Å². The molecule has 3 rings (SSSR count). The number of hydrogen-bond donors (Lipinski definition) is 1. The number of pyridine rings is 1. The third-order valence-corrected chi connectivity index (χ3v) is 5.29. The first kappa shape index (κ1) is 21.6. The average molecular weight is 415 g/mol. The monoisotopic (exact) mass is 415 g/mol. The number of halogens is 3. The van der Waals surface area contributed by atoms with Crippen LogP contribution in [0, 0.1) is 13.8 Å². The minimum absolute atomic E-state index is 0.189. The molecule has 0 fully saturated rings. The number of aromatic nitrogens is 2. The molecule has 0 aliphatic carbocycles. The van der Waals surface area contributed by atoms with Crippen LogP contribution in [0.4, 0.5) is 13.2 Å². The summed E-state index contributed by atoms with van der Waals surface area (Å²) in [5, 5.41) is 2.91. The zero-order valence-corrected chi connectivity index (χ0v) is 17.2. The largest absolute Gasteiger partial charge is 0.416 e. The number of carbonyl (C=O) groups excluding carboxylic acids is 1. The second-order valence-electron chi connectivity index (χ2n) is 7.21. The lowest BCUT2D eigenvalue weighted by molar-refractivity contribution is -0.137. The highest BCUT2D eigenvalue weighted by atomic mass is 19.4. The van der Waals surface area contributed by atoms with Crippen molar-refractivity contribution in [2.75, 3.05) is 0 Å². The molecular formula is C23H24F3N3O. The van der Waals surface area contributed by atoms with E-state index >= 15 is 0 Å². The molecule has 1 aromatic carbocycles. The molecular weight excluding hydrogens is 391 g/mol. The van der Waals surface area contributed by atoms with Gasteiger partial charge in [-0.15, -0.1) is 0 Å². The molecule has 0 aliphatic rings. The van der Waals surface area contributed by atoms with Crippen LogP contribution in [-0.4, -0.2) is 15.5 Å². The summed E-state index contributed by atoms with van der Waals surface area (Å²) in [6.07, 6.45) is -0.361. The maximum atomic E-state index is 13.1. The molecule has 30 heavy (non-hydrogen) atoms. The van der Waals surface area contributed by atoms with Gasteiger partial charge in [0, 0.05) is 31.2 Å². The predicted molar refractivity (Wildman–Crippen MR) is 109 cm³/mol. The van der Waals surface area contributed by atoms with Crippen molar-refractivity contribution in [1.29, 1.82) is 0 Å². The van der Waals surface area contributed by atoms with Gasteiger partial charge in [-0.3, -0.25) is 9.78 Å². The lowest BCUT2D eigenvalue weighted by Crippen LogP contribution is -2.26. The molecule has 0 saturated carbocycles. The standard InChI is InChI=1S/C23H24F3N3O/c1-4-20-15(2)21(22(30)28-13-17-8-10-27-11-9-17)29(16(20)3)14-18-6-5-7-19(12-18)23(24,25)26/h5-12H,4,13-14H2,1-3H3,(H,28,30). The molecule has 0 aliphatic heterocycles. The Kier molecular flexibility index (Phi) is 6.29. The van der Waals surface area contributed by atoms with Crippen LogP contribution in [0.2, 0.25) is 0 Å². The van der Waals surface area contributed by atoms with Crippen LogP contribution >= 0.6 is 0 Å². The minimum atomic E-state index is -4.41. The summed E-state index contributed by atoms with van der Waals surface area (Å²) < 4.78 is 41.1. The number of amides is 1. The van der Waals surface area contributed by atoms with Gasteiger partial charge in [-0.1, -0.05) is 19.1 Å². The molecule has 3 aromatic rings. The summed E-state index contributed by atoms with van der Waals surface area (Å²) in [6.45, 7) is 6.32. The van der Waals surface area contributed by atoms with Crippen molar-refractivity contribution < 1.29 is 18.0 Å². The van der Waals surface area contributed by atoms with Crippen molar-refractivity contribution in [3.8, 4) is 0 Å². The minimum Gasteiger partial charge on any atom is -0.347 e. The van der Waals surface area contributed by atoms with E-state index in [1.165, 1.54) is 6.07 Å². The molecule has 2 aromatic heterocycles. The number of hydrogen-bond acceptors (Lipinski definition) is 2. The van der Waals surface area contributed by atoms with Crippen LogP contribution in [0.3, 0.4) is 0 Å². The van der Waals surface area contributed by atoms with Crippen molar-refractivity contribution in [2.24, 2.45) is 0 Å². The van der Waals surface area contributed by atoms with E-state index in [1.807, 2.05) is 37.5 Å². The van der Waals surface area contributed by atoms with Crippen LogP contribution in [0.5, 0.6) is 0 Å². The van der Waals surface area contributed by atoms with Crippen LogP contribution in [0.1, 0.15) is 50.9 Å². The van der Waals surface area contributed by atoms with Gasteiger partial charge in [-0.05, 0) is 66.8 Å². The van der Waals surface area contributed by atoms with Crippen LogP contribution in [-0.2, 0) is 25.7 Å². The van der Waals surface area contributed by atoms with Crippen molar-refractivity contribution in [3.05, 3.63) is 88.0 Å². The lowest BCUT2D eigenvalue weighted by Gasteiger charge is -2.14. The normalized spacial score (nSPS) is 11.5. The van der Waals surface area contributed by atoms with Crippen LogP contribution in [0.15, 0.2) is 48.8 Å². The SMILES string of the molecule is CCc1c(C)c(C(=O)NCc2ccncc2)n(Cc2cccc(C(F)(F)F)c2)c1C. The van der Waals surface area contributed by atoms with E-state index in [0.717, 1.165) is 40.9 Å². The average Bonchev–Trinajstić information content (AvgIpc) is 2.95. The van der Waals surface area contributed by atoms with Gasteiger partial charge in [0.15, 0.2) is 0 Å². The lowest BCUT2D eigenvalue weighted by atomic mass is 10.1. The fraction of sp³-hybridized carbons (Fsp3) is 0.304. The van der Waals surface area contributed by atoms with Crippen LogP contribution in [0.25, 0.3) is 0 Å². The number of nitrogens with one attached hydrogen (secondary N) is 1. The number of nitrogens with zero attached hydrogens (tertiary/aromatic N) is 2. The zero-order chi connectivity index (χ0) is 21.9. The molecule has 1 amide bonds. The Hall–Kier alpha value is -3.09. The summed E-state index contributed by atoms with van der Waals surface area (Å²) in [5.74, 6) is -0.251. The second kappa shape index (κ2) is 8.73. The van der Waals surface area contributed by atoms with Gasteiger partial charge in [-0.25, -0.2) is 0 Å². The highest BCUT2D eigenvalue weighted by Gasteiger charge is 2.30. The van der Waals surface area contributed by atoms with E-state index in [0.29, 0.717) is 17.8 Å². The Labute approximate surface area is 173 Å². The smallest absolute Gasteiger partial charge is 0.347 e. The Morgan fingerprint density at radius 3 is 2.43 bits per heavy atom. The number of rotatable bonds is 6. The molecule has 7 heteroatoms. The maximum Gasteiger partial charge on any atom is 0.416 e. The van der Waals surface area contributed by atoms with Crippen molar-refractivity contribution in [3.63, 3.8) is 0 Å². The number of alkyl halides is 3. The zero-order valence-electron chi connectivity index (χ0n) is 17.2. The van der Waals surface area contributed by atoms with Crippen molar-refractivity contribution >= 4 is 5.91 Å². The first-order valence-corrected chi connectivity index (χ1v) is 9.74. The Morgan fingerprint density at radius 1 is 1.10 bits per heavy atom. The third-order valence-electron chi connectivity index (χ3n) is 5.29. The van der Waals surface area contributed by atoms with Gasteiger partial charge in [-0.2, -0.15) is 13.2 Å². The van der Waals surface area contributed by atoms with E-state index < -0.39 is 11.7 Å². The Balaban J connectivity index is 1.93. The molecule has 0 atom stereocenters. The number of carbonyl (C=O) groups is 1. The highest BCUT2D eigenvalue weighted by molar-refractivity contribution is 5.95. The van der Waals surface area contributed by atoms with Crippen molar-refractivity contribution in [2.45, 2.75) is 46.5 Å². The van der Waals surface area contributed by atoms with Gasteiger partial charge >= 0.3 is 6.18 Å². The van der Waals surface area contributed by atoms with Gasteiger partial charge < -0.3 is 9.88 Å². The molecule has 2 heterocycles. The first-order valence-electron chi connectivity index (χ1n) is 9.74. The maximum absolute atomic E-state index is 13.1. The molecule has 0 spiro atoms. The van der Waals surface area contributed by atoms with Crippen LogP contribution < -0.4 is 5.32 Å². The van der Waals surface area contributed by atoms with E-state index in [2.05, 4.69) is 10.3 Å². The third kappa shape index (κ3) is 4.56. The predicted octanol–water partition coefficient (Wildman–Crippen LogP) is 5.06. The molecule has 0 saturated heterocycles. The highest BCUT2D eigenvalue weighted by Crippen LogP contribution is 2.30. The van der Waals surface area contributed by atoms with E-state index in [4.69, 9.17) is 0 Å². The fourth-order valence-corrected chi connectivity index (χ4v) is 3.75. The van der Waals surface area contributed by atoms with E-state index in [-0.39, 0.29) is 12.5 Å². The van der Waals surface area contributed by atoms with Gasteiger partial charge in [0.2, 0.25) is 0 Å². The topological polar surface area (TPSA) is 46.9 Å². The molecule has 0 bridgehead atoms. The molecule has 158 valence electrons. The van der Waals surface area contributed by atoms with Gasteiger partial charge in [0.1, 0.15) is 5.69 Å². The van der Waals surface area contributed by atoms with Crippen molar-refractivity contribution in [1.82, 2.24) is 14.9 Å².